The van der Waals surface area contributed by atoms with Gasteiger partial charge in [-0.2, -0.15) is 9.40 Å². The van der Waals surface area contributed by atoms with Gasteiger partial charge in [-0.05, 0) is 25.0 Å². The SMILES string of the molecule is Cc1cc2c(cc1S(=O)(=O)N1CC[C@@H](c3ncn[nH]3)C1)OCO2. The van der Waals surface area contributed by atoms with Crippen molar-refractivity contribution < 1.29 is 17.9 Å². The van der Waals surface area contributed by atoms with E-state index in [1.54, 1.807) is 19.1 Å². The lowest BCUT2D eigenvalue weighted by Crippen LogP contribution is -2.29. The maximum atomic E-state index is 13.0. The zero-order valence-electron chi connectivity index (χ0n) is 12.5. The summed E-state index contributed by atoms with van der Waals surface area (Å²) in [6.07, 6.45) is 2.16. The highest BCUT2D eigenvalue weighted by Gasteiger charge is 2.36. The van der Waals surface area contributed by atoms with Crippen LogP contribution in [-0.2, 0) is 10.0 Å². The molecular formula is C14H16N4O4S. The second-order valence-electron chi connectivity index (χ2n) is 5.69. The highest BCUT2D eigenvalue weighted by molar-refractivity contribution is 7.89. The Kier molecular flexibility index (Phi) is 3.27. The van der Waals surface area contributed by atoms with Crippen LogP contribution in [0.15, 0.2) is 23.4 Å². The standard InChI is InChI=1S/C14H16N4O4S/c1-9-4-11-12(22-8-21-11)5-13(9)23(19,20)18-3-2-10(6-18)14-15-7-16-17-14/h4-5,7,10H,2-3,6,8H2,1H3,(H,15,16,17)/t10-/m1/s1. The van der Waals surface area contributed by atoms with Gasteiger partial charge < -0.3 is 9.47 Å². The van der Waals surface area contributed by atoms with Crippen molar-refractivity contribution in [3.8, 4) is 11.5 Å². The van der Waals surface area contributed by atoms with E-state index in [0.29, 0.717) is 30.2 Å². The van der Waals surface area contributed by atoms with Gasteiger partial charge in [0.25, 0.3) is 0 Å². The highest BCUT2D eigenvalue weighted by Crippen LogP contribution is 2.38. The van der Waals surface area contributed by atoms with Crippen LogP contribution in [0.3, 0.4) is 0 Å². The first-order valence-corrected chi connectivity index (χ1v) is 8.75. The van der Waals surface area contributed by atoms with Crippen molar-refractivity contribution >= 4 is 10.0 Å². The molecule has 23 heavy (non-hydrogen) atoms. The van der Waals surface area contributed by atoms with Crippen molar-refractivity contribution in [1.29, 1.82) is 0 Å². The zero-order chi connectivity index (χ0) is 16.0. The number of aromatic amines is 1. The van der Waals surface area contributed by atoms with Crippen molar-refractivity contribution in [3.05, 3.63) is 29.8 Å². The molecule has 122 valence electrons. The van der Waals surface area contributed by atoms with Crippen LogP contribution in [0.4, 0.5) is 0 Å². The minimum absolute atomic E-state index is 0.0431. The molecule has 3 heterocycles. The van der Waals surface area contributed by atoms with Crippen molar-refractivity contribution in [3.63, 3.8) is 0 Å². The highest BCUT2D eigenvalue weighted by atomic mass is 32.2. The normalized spacial score (nSPS) is 21.0. The van der Waals surface area contributed by atoms with Crippen molar-refractivity contribution in [2.75, 3.05) is 19.9 Å². The predicted molar refractivity (Wildman–Crippen MR) is 79.8 cm³/mol. The molecule has 1 saturated heterocycles. The molecule has 2 aliphatic rings. The molecule has 4 rings (SSSR count). The summed E-state index contributed by atoms with van der Waals surface area (Å²) in [4.78, 5) is 4.39. The zero-order valence-corrected chi connectivity index (χ0v) is 13.3. The molecular weight excluding hydrogens is 320 g/mol. The first kappa shape index (κ1) is 14.5. The molecule has 1 aromatic carbocycles. The topological polar surface area (TPSA) is 97.4 Å². The fourth-order valence-electron chi connectivity index (χ4n) is 3.02. The third-order valence-electron chi connectivity index (χ3n) is 4.26. The molecule has 2 aromatic rings. The Morgan fingerprint density at radius 3 is 2.83 bits per heavy atom. The number of fused-ring (bicyclic) bond motifs is 1. The number of aryl methyl sites for hydroxylation is 1. The number of benzene rings is 1. The van der Waals surface area contributed by atoms with Gasteiger partial charge in [0.05, 0.1) is 4.90 Å². The summed E-state index contributed by atoms with van der Waals surface area (Å²) < 4.78 is 38.0. The van der Waals surface area contributed by atoms with E-state index in [-0.39, 0.29) is 17.6 Å². The predicted octanol–water partition coefficient (Wildman–Crippen LogP) is 1.02. The fourth-order valence-corrected chi connectivity index (χ4v) is 4.75. The first-order chi connectivity index (χ1) is 11.1. The number of rotatable bonds is 3. The van der Waals surface area contributed by atoms with E-state index in [1.165, 1.54) is 10.6 Å². The largest absolute Gasteiger partial charge is 0.454 e. The summed E-state index contributed by atoms with van der Waals surface area (Å²) in [6, 6.07) is 3.26. The van der Waals surface area contributed by atoms with Gasteiger partial charge in [-0.1, -0.05) is 0 Å². The number of sulfonamides is 1. The van der Waals surface area contributed by atoms with Crippen LogP contribution in [0, 0.1) is 6.92 Å². The number of nitrogens with zero attached hydrogens (tertiary/aromatic N) is 3. The van der Waals surface area contributed by atoms with E-state index >= 15 is 0 Å². The maximum absolute atomic E-state index is 13.0. The van der Waals surface area contributed by atoms with Crippen molar-refractivity contribution in [1.82, 2.24) is 19.5 Å². The molecule has 0 spiro atoms. The number of H-pyrrole nitrogens is 1. The smallest absolute Gasteiger partial charge is 0.243 e. The number of ether oxygens (including phenoxy) is 2. The Balaban J connectivity index is 1.64. The van der Waals surface area contributed by atoms with Gasteiger partial charge in [0.1, 0.15) is 12.2 Å². The minimum atomic E-state index is -3.58. The lowest BCUT2D eigenvalue weighted by molar-refractivity contribution is 0.174. The molecule has 8 nitrogen and oxygen atoms in total. The third-order valence-corrected chi connectivity index (χ3v) is 6.27. The molecule has 0 aliphatic carbocycles. The summed E-state index contributed by atoms with van der Waals surface area (Å²) >= 11 is 0. The Morgan fingerprint density at radius 1 is 1.30 bits per heavy atom. The van der Waals surface area contributed by atoms with Gasteiger partial charge in [-0.3, -0.25) is 5.10 Å². The van der Waals surface area contributed by atoms with Crippen LogP contribution >= 0.6 is 0 Å². The van der Waals surface area contributed by atoms with E-state index in [4.69, 9.17) is 9.47 Å². The lowest BCUT2D eigenvalue weighted by atomic mass is 10.1. The molecule has 0 radical (unpaired) electrons. The van der Waals surface area contributed by atoms with Crippen LogP contribution in [-0.4, -0.2) is 47.8 Å². The maximum Gasteiger partial charge on any atom is 0.243 e. The van der Waals surface area contributed by atoms with E-state index in [9.17, 15) is 8.42 Å². The molecule has 0 bridgehead atoms. The van der Waals surface area contributed by atoms with Gasteiger partial charge in [0.15, 0.2) is 11.5 Å². The monoisotopic (exact) mass is 336 g/mol. The Bertz CT molecular complexity index is 835. The third kappa shape index (κ3) is 2.36. The van der Waals surface area contributed by atoms with E-state index < -0.39 is 10.0 Å². The Morgan fingerprint density at radius 2 is 2.09 bits per heavy atom. The molecule has 1 aromatic heterocycles. The molecule has 0 amide bonds. The van der Waals surface area contributed by atoms with Gasteiger partial charge >= 0.3 is 0 Å². The summed E-state index contributed by atoms with van der Waals surface area (Å²) in [5, 5.41) is 6.65. The van der Waals surface area contributed by atoms with Crippen LogP contribution in [0.1, 0.15) is 23.7 Å². The molecule has 1 N–H and O–H groups in total. The number of hydrogen-bond acceptors (Lipinski definition) is 6. The summed E-state index contributed by atoms with van der Waals surface area (Å²) in [7, 11) is -3.58. The summed E-state index contributed by atoms with van der Waals surface area (Å²) in [6.45, 7) is 2.74. The number of hydrogen-bond donors (Lipinski definition) is 1. The fraction of sp³-hybridized carbons (Fsp3) is 0.429. The number of nitrogens with one attached hydrogen (secondary N) is 1. The van der Waals surface area contributed by atoms with E-state index in [0.717, 1.165) is 12.2 Å². The second-order valence-corrected chi connectivity index (χ2v) is 7.60. The van der Waals surface area contributed by atoms with Gasteiger partial charge in [0.2, 0.25) is 16.8 Å². The van der Waals surface area contributed by atoms with Gasteiger partial charge in [-0.15, -0.1) is 0 Å². The van der Waals surface area contributed by atoms with Crippen LogP contribution < -0.4 is 9.47 Å². The van der Waals surface area contributed by atoms with Gasteiger partial charge in [0, 0.05) is 25.1 Å². The van der Waals surface area contributed by atoms with Crippen molar-refractivity contribution in [2.45, 2.75) is 24.2 Å². The van der Waals surface area contributed by atoms with Crippen LogP contribution in [0.2, 0.25) is 0 Å². The van der Waals surface area contributed by atoms with E-state index in [2.05, 4.69) is 15.2 Å². The first-order valence-electron chi connectivity index (χ1n) is 7.31. The molecule has 1 atom stereocenters. The minimum Gasteiger partial charge on any atom is -0.454 e. The van der Waals surface area contributed by atoms with Crippen LogP contribution in [0.25, 0.3) is 0 Å². The van der Waals surface area contributed by atoms with Crippen molar-refractivity contribution in [2.24, 2.45) is 0 Å². The summed E-state index contributed by atoms with van der Waals surface area (Å²) in [5.74, 6) is 1.83. The Hall–Kier alpha value is -2.13. The summed E-state index contributed by atoms with van der Waals surface area (Å²) in [5.41, 5.74) is 0.650. The quantitative estimate of drug-likeness (QED) is 0.899. The Labute approximate surface area is 133 Å². The van der Waals surface area contributed by atoms with Crippen LogP contribution in [0.5, 0.6) is 11.5 Å². The molecule has 0 unspecified atom stereocenters. The average Bonchev–Trinajstić information content (AvgIpc) is 3.26. The van der Waals surface area contributed by atoms with E-state index in [1.807, 2.05) is 0 Å². The molecule has 0 saturated carbocycles. The number of aromatic nitrogens is 3. The van der Waals surface area contributed by atoms with Gasteiger partial charge in [-0.25, -0.2) is 13.4 Å². The molecule has 1 fully saturated rings. The molecule has 9 heteroatoms. The second kappa shape index (κ2) is 5.20. The lowest BCUT2D eigenvalue weighted by Gasteiger charge is -2.18. The average molecular weight is 336 g/mol. The molecule has 2 aliphatic heterocycles.